The third kappa shape index (κ3) is 3.52. The monoisotopic (exact) mass is 345 g/mol. The molecule has 0 saturated heterocycles. The Bertz CT molecular complexity index is 616. The van der Waals surface area contributed by atoms with Crippen LogP contribution in [0, 0.1) is 6.92 Å². The van der Waals surface area contributed by atoms with E-state index in [-0.39, 0.29) is 6.61 Å². The molecular weight excluding hydrogens is 337 g/mol. The van der Waals surface area contributed by atoms with E-state index in [1.165, 1.54) is 6.92 Å². The maximum Gasteiger partial charge on any atom is 0.434 e. The van der Waals surface area contributed by atoms with Crippen LogP contribution in [0.15, 0.2) is 0 Å². The van der Waals surface area contributed by atoms with Crippen LogP contribution < -0.4 is 0 Å². The van der Waals surface area contributed by atoms with Crippen molar-refractivity contribution in [2.75, 3.05) is 6.61 Å². The van der Waals surface area contributed by atoms with Gasteiger partial charge in [0.05, 0.1) is 17.7 Å². The fourth-order valence-corrected chi connectivity index (χ4v) is 2.03. The molecule has 0 amide bonds. The first-order chi connectivity index (χ1) is 10.0. The third-order valence-corrected chi connectivity index (χ3v) is 2.82. The summed E-state index contributed by atoms with van der Waals surface area (Å²) in [6.07, 6.45) is -8.67. The molecule has 0 spiro atoms. The Kier molecular flexibility index (Phi) is 5.44. The van der Waals surface area contributed by atoms with Gasteiger partial charge in [0.15, 0.2) is 5.69 Å². The van der Waals surface area contributed by atoms with Gasteiger partial charge in [-0.1, -0.05) is 0 Å². The zero-order valence-electron chi connectivity index (χ0n) is 11.2. The normalized spacial score (nSPS) is 11.7. The molecule has 0 atom stereocenters. The highest BCUT2D eigenvalue weighted by Gasteiger charge is 2.41. The molecule has 122 valence electrons. The molecule has 0 N–H and O–H groups in total. The second kappa shape index (κ2) is 6.55. The van der Waals surface area contributed by atoms with Crippen molar-refractivity contribution in [1.29, 1.82) is 0 Å². The topological polar surface area (TPSA) is 56.3 Å². The lowest BCUT2D eigenvalue weighted by Gasteiger charge is -2.17. The number of rotatable bonds is 4. The molecule has 4 nitrogen and oxygen atoms in total. The Labute approximate surface area is 126 Å². The minimum atomic E-state index is -5.19. The maximum absolute atomic E-state index is 13.0. The van der Waals surface area contributed by atoms with Gasteiger partial charge < -0.3 is 4.74 Å². The molecule has 1 aromatic rings. The zero-order chi connectivity index (χ0) is 17.2. The molecule has 0 saturated carbocycles. The number of carbonyl (C=O) groups excluding carboxylic acids is 2. The van der Waals surface area contributed by atoms with Crippen LogP contribution >= 0.6 is 11.6 Å². The van der Waals surface area contributed by atoms with Gasteiger partial charge in [-0.2, -0.15) is 13.2 Å². The fourth-order valence-electron chi connectivity index (χ4n) is 1.79. The molecule has 0 aliphatic heterocycles. The van der Waals surface area contributed by atoms with Crippen molar-refractivity contribution in [1.82, 2.24) is 4.98 Å². The first-order valence-corrected chi connectivity index (χ1v) is 6.16. The molecule has 0 unspecified atom stereocenters. The molecule has 1 rings (SSSR count). The molecule has 1 aromatic heterocycles. The highest BCUT2D eigenvalue weighted by atomic mass is 35.5. The van der Waals surface area contributed by atoms with Gasteiger partial charge in [0.25, 0.3) is 11.7 Å². The Morgan fingerprint density at radius 2 is 1.82 bits per heavy atom. The van der Waals surface area contributed by atoms with E-state index >= 15 is 0 Å². The van der Waals surface area contributed by atoms with Crippen molar-refractivity contribution < 1.29 is 36.3 Å². The fraction of sp³-hybridized carbons (Fsp3) is 0.417. The van der Waals surface area contributed by atoms with Crippen molar-refractivity contribution in [2.24, 2.45) is 0 Å². The van der Waals surface area contributed by atoms with E-state index in [4.69, 9.17) is 11.6 Å². The summed E-state index contributed by atoms with van der Waals surface area (Å²) >= 11 is 5.13. The van der Waals surface area contributed by atoms with Crippen LogP contribution in [0.3, 0.4) is 0 Å². The second-order valence-electron chi connectivity index (χ2n) is 4.01. The SMILES string of the molecule is CCOC(=O)c1c(C(F)(F)F)nc(C(F)F)c(C(=O)Cl)c1C. The van der Waals surface area contributed by atoms with Gasteiger partial charge in [-0.15, -0.1) is 0 Å². The Balaban J connectivity index is 3.83. The van der Waals surface area contributed by atoms with Crippen LogP contribution in [-0.2, 0) is 10.9 Å². The van der Waals surface area contributed by atoms with Crippen molar-refractivity contribution in [3.8, 4) is 0 Å². The van der Waals surface area contributed by atoms with Crippen LogP contribution in [0.5, 0.6) is 0 Å². The number of nitrogens with zero attached hydrogens (tertiary/aromatic N) is 1. The number of halogens is 6. The van der Waals surface area contributed by atoms with Crippen LogP contribution in [-0.4, -0.2) is 22.8 Å². The highest BCUT2D eigenvalue weighted by molar-refractivity contribution is 6.68. The smallest absolute Gasteiger partial charge is 0.434 e. The third-order valence-electron chi connectivity index (χ3n) is 2.63. The average Bonchev–Trinajstić information content (AvgIpc) is 2.35. The van der Waals surface area contributed by atoms with Gasteiger partial charge in [0.1, 0.15) is 5.69 Å². The van der Waals surface area contributed by atoms with E-state index in [0.717, 1.165) is 6.92 Å². The molecule has 0 aliphatic carbocycles. The van der Waals surface area contributed by atoms with Gasteiger partial charge >= 0.3 is 12.1 Å². The molecule has 10 heteroatoms. The molecule has 0 aliphatic rings. The first kappa shape index (κ1) is 18.3. The van der Waals surface area contributed by atoms with Gasteiger partial charge in [-0.3, -0.25) is 4.79 Å². The lowest BCUT2D eigenvalue weighted by atomic mass is 9.99. The summed E-state index contributed by atoms with van der Waals surface area (Å²) in [5.74, 6) is -1.43. The number of aromatic nitrogens is 1. The van der Waals surface area contributed by atoms with Crippen LogP contribution in [0.4, 0.5) is 22.0 Å². The number of carbonyl (C=O) groups is 2. The van der Waals surface area contributed by atoms with E-state index in [0.29, 0.717) is 0 Å². The van der Waals surface area contributed by atoms with E-state index in [2.05, 4.69) is 9.72 Å². The van der Waals surface area contributed by atoms with Gasteiger partial charge in [-0.25, -0.2) is 18.6 Å². The number of ether oxygens (including phenoxy) is 1. The van der Waals surface area contributed by atoms with E-state index < -0.39 is 51.9 Å². The Hall–Kier alpha value is -1.77. The molecule has 1 heterocycles. The van der Waals surface area contributed by atoms with Gasteiger partial charge in [0, 0.05) is 0 Å². The highest BCUT2D eigenvalue weighted by Crippen LogP contribution is 2.37. The van der Waals surface area contributed by atoms with Crippen molar-refractivity contribution >= 4 is 22.8 Å². The van der Waals surface area contributed by atoms with Gasteiger partial charge in [0.2, 0.25) is 0 Å². The first-order valence-electron chi connectivity index (χ1n) is 5.79. The lowest BCUT2D eigenvalue weighted by Crippen LogP contribution is -2.22. The molecule has 0 radical (unpaired) electrons. The Morgan fingerprint density at radius 3 is 2.18 bits per heavy atom. The van der Waals surface area contributed by atoms with Crippen molar-refractivity contribution in [2.45, 2.75) is 26.4 Å². The number of hydrogen-bond acceptors (Lipinski definition) is 4. The minimum absolute atomic E-state index is 0.254. The summed E-state index contributed by atoms with van der Waals surface area (Å²) in [5, 5.41) is -1.44. The molecule has 0 bridgehead atoms. The number of pyridine rings is 1. The summed E-state index contributed by atoms with van der Waals surface area (Å²) < 4.78 is 69.1. The average molecular weight is 346 g/mol. The van der Waals surface area contributed by atoms with E-state index in [1.807, 2.05) is 0 Å². The number of esters is 1. The van der Waals surface area contributed by atoms with Crippen LogP contribution in [0.1, 0.15) is 51.0 Å². The number of alkyl halides is 5. The van der Waals surface area contributed by atoms with Gasteiger partial charge in [-0.05, 0) is 31.0 Å². The summed E-state index contributed by atoms with van der Waals surface area (Å²) in [4.78, 5) is 25.7. The zero-order valence-corrected chi connectivity index (χ0v) is 12.0. The quantitative estimate of drug-likeness (QED) is 0.472. The molecule has 22 heavy (non-hydrogen) atoms. The standard InChI is InChI=1S/C12H9ClF5NO3/c1-3-22-11(21)6-4(2)5(9(13)20)7(10(14)15)19-8(6)12(16,17)18/h10H,3H2,1-2H3. The van der Waals surface area contributed by atoms with Crippen LogP contribution in [0.2, 0.25) is 0 Å². The Morgan fingerprint density at radius 1 is 1.27 bits per heavy atom. The van der Waals surface area contributed by atoms with E-state index in [9.17, 15) is 31.5 Å². The molecule has 0 fully saturated rings. The summed E-state index contributed by atoms with van der Waals surface area (Å²) in [6, 6.07) is 0. The summed E-state index contributed by atoms with van der Waals surface area (Å²) in [7, 11) is 0. The van der Waals surface area contributed by atoms with E-state index in [1.54, 1.807) is 0 Å². The second-order valence-corrected chi connectivity index (χ2v) is 4.36. The van der Waals surface area contributed by atoms with Crippen molar-refractivity contribution in [3.05, 3.63) is 28.1 Å². The largest absolute Gasteiger partial charge is 0.462 e. The van der Waals surface area contributed by atoms with Crippen LogP contribution in [0.25, 0.3) is 0 Å². The molecular formula is C12H9ClF5NO3. The minimum Gasteiger partial charge on any atom is -0.462 e. The van der Waals surface area contributed by atoms with Crippen molar-refractivity contribution in [3.63, 3.8) is 0 Å². The predicted molar refractivity (Wildman–Crippen MR) is 65.1 cm³/mol. The molecule has 0 aromatic carbocycles. The maximum atomic E-state index is 13.0. The number of hydrogen-bond donors (Lipinski definition) is 0. The summed E-state index contributed by atoms with van der Waals surface area (Å²) in [5.41, 5.74) is -5.98. The summed E-state index contributed by atoms with van der Waals surface area (Å²) in [6.45, 7) is 1.98. The predicted octanol–water partition coefficient (Wildman–Crippen LogP) is 3.90. The lowest BCUT2D eigenvalue weighted by molar-refractivity contribution is -0.142.